The van der Waals surface area contributed by atoms with Gasteiger partial charge in [-0.1, -0.05) is 139 Å². The van der Waals surface area contributed by atoms with Crippen molar-refractivity contribution in [1.29, 1.82) is 0 Å². The third kappa shape index (κ3) is 32.7. The minimum atomic E-state index is -0.682. The van der Waals surface area contributed by atoms with Gasteiger partial charge in [-0.2, -0.15) is 0 Å². The van der Waals surface area contributed by atoms with E-state index in [2.05, 4.69) is 25.2 Å². The van der Waals surface area contributed by atoms with Crippen LogP contribution in [0.4, 0.5) is 0 Å². The quantitative estimate of drug-likeness (QED) is 0.0423. The molecule has 2 rings (SSSR count). The largest absolute Gasteiger partial charge is 0.481 e. The monoisotopic (exact) mass is 703 g/mol. The first kappa shape index (κ1) is 47.5. The van der Waals surface area contributed by atoms with E-state index in [1.165, 1.54) is 89.9 Å². The first-order valence-electron chi connectivity index (χ1n) is 20.2. The molecule has 2 aliphatic carbocycles. The molecule has 7 heteroatoms. The molecule has 2 atom stereocenters. The zero-order valence-electron chi connectivity index (χ0n) is 31.6. The number of rotatable bonds is 25. The lowest BCUT2D eigenvalue weighted by molar-refractivity contribution is -0.138. The molecule has 0 aromatic heterocycles. The van der Waals surface area contributed by atoms with Gasteiger partial charge >= 0.3 is 11.9 Å². The molecule has 0 heterocycles. The Morgan fingerprint density at radius 3 is 1.34 bits per heavy atom. The van der Waals surface area contributed by atoms with Crippen LogP contribution in [0.15, 0.2) is 48.6 Å². The number of aliphatic hydroxyl groups is 2. The second-order valence-electron chi connectivity index (χ2n) is 14.1. The van der Waals surface area contributed by atoms with E-state index in [0.29, 0.717) is 31.1 Å². The van der Waals surface area contributed by atoms with Crippen LogP contribution in [0.25, 0.3) is 0 Å². The van der Waals surface area contributed by atoms with Gasteiger partial charge in [0.15, 0.2) is 0 Å². The number of carboxylic acids is 2. The third-order valence-corrected chi connectivity index (χ3v) is 9.57. The normalized spacial score (nSPS) is 17.0. The number of carbonyl (C=O) groups is 3. The second-order valence-corrected chi connectivity index (χ2v) is 14.1. The number of carboxylic acid groups (broad SMARTS) is 2. The fourth-order valence-electron chi connectivity index (χ4n) is 6.41. The Morgan fingerprint density at radius 1 is 0.540 bits per heavy atom. The predicted octanol–water partition coefficient (Wildman–Crippen LogP) is 11.1. The van der Waals surface area contributed by atoms with Crippen LogP contribution in [0.2, 0.25) is 0 Å². The van der Waals surface area contributed by atoms with Crippen LogP contribution in [0, 0.1) is 11.8 Å². The van der Waals surface area contributed by atoms with E-state index in [4.69, 9.17) is 10.2 Å². The molecule has 2 saturated carbocycles. The van der Waals surface area contributed by atoms with Crippen molar-refractivity contribution >= 4 is 18.2 Å². The van der Waals surface area contributed by atoms with Gasteiger partial charge in [0.1, 0.15) is 6.29 Å². The van der Waals surface area contributed by atoms with Gasteiger partial charge in [-0.05, 0) is 82.5 Å². The average Bonchev–Trinajstić information content (AvgIpc) is 3.12. The number of allylic oxidation sites excluding steroid dienone is 6. The topological polar surface area (TPSA) is 132 Å². The van der Waals surface area contributed by atoms with Crippen LogP contribution in [0.3, 0.4) is 0 Å². The zero-order valence-corrected chi connectivity index (χ0v) is 31.6. The van der Waals surface area contributed by atoms with Gasteiger partial charge in [0, 0.05) is 19.3 Å². The van der Waals surface area contributed by atoms with E-state index in [9.17, 15) is 24.6 Å². The Balaban J connectivity index is 0.000000810. The summed E-state index contributed by atoms with van der Waals surface area (Å²) in [4.78, 5) is 30.4. The third-order valence-electron chi connectivity index (χ3n) is 9.57. The standard InChI is InChI=1S/C21H36O3.C16H26O2.C6H12O2/c22-20(19-15-11-10-12-16-19)17-13-8-6-4-2-1-3-5-7-9-14-18-21(23)24;17-14-10-5-3-1-2-4-9-13-16(18)15-11-7-6-8-12-15;1-2-3-4-5-6(7)8/h6,8,13,17,19-20,22H,1-5,7,9-12,14-16,18H2,(H,23,24);2,4,9,13-16,18H,1,3,5-8,10-12H2;2-5H2,1H3,(H,7,8)/b8-6-,17-13+;4-2-,13-9+;. The molecule has 0 spiro atoms. The number of aliphatic hydroxyl groups excluding tert-OH is 2. The number of hydrogen-bond donors (Lipinski definition) is 4. The van der Waals surface area contributed by atoms with Gasteiger partial charge in [0.2, 0.25) is 0 Å². The molecule has 50 heavy (non-hydrogen) atoms. The molecule has 0 saturated heterocycles. The van der Waals surface area contributed by atoms with Crippen molar-refractivity contribution in [2.75, 3.05) is 0 Å². The summed E-state index contributed by atoms with van der Waals surface area (Å²) in [5, 5.41) is 36.8. The number of carbonyl (C=O) groups excluding carboxylic acids is 1. The van der Waals surface area contributed by atoms with Crippen LogP contribution in [-0.2, 0) is 14.4 Å². The Morgan fingerprint density at radius 2 is 0.920 bits per heavy atom. The summed E-state index contributed by atoms with van der Waals surface area (Å²) in [6, 6.07) is 0. The highest BCUT2D eigenvalue weighted by Crippen LogP contribution is 2.27. The molecule has 0 amide bonds. The number of aldehydes is 1. The van der Waals surface area contributed by atoms with Gasteiger partial charge in [0.25, 0.3) is 0 Å². The van der Waals surface area contributed by atoms with E-state index in [-0.39, 0.29) is 12.2 Å². The van der Waals surface area contributed by atoms with E-state index in [1.54, 1.807) is 0 Å². The lowest BCUT2D eigenvalue weighted by atomic mass is 9.85. The van der Waals surface area contributed by atoms with Crippen molar-refractivity contribution < 1.29 is 34.8 Å². The molecule has 4 N–H and O–H groups in total. The van der Waals surface area contributed by atoms with Gasteiger partial charge in [-0.25, -0.2) is 0 Å². The molecule has 0 bridgehead atoms. The van der Waals surface area contributed by atoms with Crippen molar-refractivity contribution in [2.24, 2.45) is 11.8 Å². The van der Waals surface area contributed by atoms with Gasteiger partial charge in [-0.15, -0.1) is 0 Å². The van der Waals surface area contributed by atoms with E-state index >= 15 is 0 Å². The molecule has 7 nitrogen and oxygen atoms in total. The van der Waals surface area contributed by atoms with Crippen LogP contribution >= 0.6 is 0 Å². The van der Waals surface area contributed by atoms with Crippen molar-refractivity contribution in [3.8, 4) is 0 Å². The Kier molecular flexibility index (Phi) is 34.5. The highest BCUT2D eigenvalue weighted by molar-refractivity contribution is 5.66. The molecular formula is C43H74O7. The molecule has 2 aliphatic rings. The lowest BCUT2D eigenvalue weighted by Crippen LogP contribution is -2.20. The fourth-order valence-corrected chi connectivity index (χ4v) is 6.41. The Labute approximate surface area is 305 Å². The highest BCUT2D eigenvalue weighted by Gasteiger charge is 2.19. The number of aliphatic carboxylic acids is 2. The molecule has 2 fully saturated rings. The Hall–Kier alpha value is -2.51. The summed E-state index contributed by atoms with van der Waals surface area (Å²) < 4.78 is 0. The van der Waals surface area contributed by atoms with E-state index in [0.717, 1.165) is 70.5 Å². The maximum atomic E-state index is 10.4. The van der Waals surface area contributed by atoms with Gasteiger partial charge < -0.3 is 25.2 Å². The summed E-state index contributed by atoms with van der Waals surface area (Å²) in [5.74, 6) is -0.421. The van der Waals surface area contributed by atoms with Crippen LogP contribution < -0.4 is 0 Å². The summed E-state index contributed by atoms with van der Waals surface area (Å²) in [7, 11) is 0. The average molecular weight is 703 g/mol. The van der Waals surface area contributed by atoms with Crippen LogP contribution in [0.1, 0.15) is 180 Å². The maximum absolute atomic E-state index is 10.4. The smallest absolute Gasteiger partial charge is 0.303 e. The molecule has 0 radical (unpaired) electrons. The summed E-state index contributed by atoms with van der Waals surface area (Å²) in [6.45, 7) is 2.06. The molecule has 0 aliphatic heterocycles. The summed E-state index contributed by atoms with van der Waals surface area (Å²) in [6.07, 6.45) is 45.4. The summed E-state index contributed by atoms with van der Waals surface area (Å²) in [5.41, 5.74) is 0. The zero-order chi connectivity index (χ0) is 36.9. The van der Waals surface area contributed by atoms with Crippen molar-refractivity contribution in [2.45, 2.75) is 192 Å². The van der Waals surface area contributed by atoms with E-state index in [1.807, 2.05) is 30.4 Å². The van der Waals surface area contributed by atoms with Crippen LogP contribution in [-0.4, -0.2) is 50.9 Å². The highest BCUT2D eigenvalue weighted by atomic mass is 16.4. The molecular weight excluding hydrogens is 628 g/mol. The van der Waals surface area contributed by atoms with Gasteiger partial charge in [-0.3, -0.25) is 9.59 Å². The van der Waals surface area contributed by atoms with Crippen molar-refractivity contribution in [1.82, 2.24) is 0 Å². The minimum Gasteiger partial charge on any atom is -0.481 e. The maximum Gasteiger partial charge on any atom is 0.303 e. The SMILES string of the molecule is CCCCCC(=O)O.O=C(O)CCCCCCCCC/C=C\C=C\C(O)C1CCCCC1.O=CCCCC/C=C\C=C\C(O)C1CCCCC1. The fraction of sp³-hybridized carbons (Fsp3) is 0.744. The molecule has 0 aromatic rings. The Bertz CT molecular complexity index is 910. The van der Waals surface area contributed by atoms with Gasteiger partial charge in [0.05, 0.1) is 12.2 Å². The van der Waals surface area contributed by atoms with E-state index < -0.39 is 11.9 Å². The van der Waals surface area contributed by atoms with Crippen molar-refractivity contribution in [3.63, 3.8) is 0 Å². The first-order valence-corrected chi connectivity index (χ1v) is 20.2. The lowest BCUT2D eigenvalue weighted by Gasteiger charge is -2.24. The predicted molar refractivity (Wildman–Crippen MR) is 207 cm³/mol. The summed E-state index contributed by atoms with van der Waals surface area (Å²) >= 11 is 0. The second kappa shape index (κ2) is 36.3. The molecule has 0 aromatic carbocycles. The molecule has 288 valence electrons. The minimum absolute atomic E-state index is 0.268. The number of unbranched alkanes of at least 4 members (excludes halogenated alkanes) is 12. The first-order chi connectivity index (χ1) is 24.3. The van der Waals surface area contributed by atoms with Crippen molar-refractivity contribution in [3.05, 3.63) is 48.6 Å². The number of hydrogen-bond acceptors (Lipinski definition) is 5. The van der Waals surface area contributed by atoms with Crippen LogP contribution in [0.5, 0.6) is 0 Å². The molecule has 2 unspecified atom stereocenters.